The molecule has 21 heavy (non-hydrogen) atoms. The Kier molecular flexibility index (Phi) is 6.60. The number of hydrogen-bond acceptors (Lipinski definition) is 0. The van der Waals surface area contributed by atoms with Crippen LogP contribution in [0.15, 0.2) is 36.4 Å². The van der Waals surface area contributed by atoms with Crippen LogP contribution in [-0.4, -0.2) is 0 Å². The third-order valence-electron chi connectivity index (χ3n) is 3.94. The second-order valence-electron chi connectivity index (χ2n) is 5.13. The maximum Gasteiger partial charge on any atom is -1.00 e. The number of benzene rings is 1. The average Bonchev–Trinajstić information content (AvgIpc) is 2.83. The maximum absolute atomic E-state index is 4.26. The van der Waals surface area contributed by atoms with Crippen LogP contribution in [0.4, 0.5) is 0 Å². The molecule has 0 spiro atoms. The van der Waals surface area contributed by atoms with Crippen LogP contribution in [0.25, 0.3) is 9.95 Å². The predicted molar refractivity (Wildman–Crippen MR) is 82.5 cm³/mol. The molecule has 1 atom stereocenters. The van der Waals surface area contributed by atoms with Gasteiger partial charge in [-0.1, -0.05) is 0 Å². The fourth-order valence-electron chi connectivity index (χ4n) is 2.52. The van der Waals surface area contributed by atoms with E-state index < -0.39 is 0 Å². The van der Waals surface area contributed by atoms with Crippen LogP contribution in [0.5, 0.6) is 0 Å². The SMILES string of the molecule is C=C1C=c2ccccc2=[C]1[Ti+2][c]1[pH]c(C)c(C)c1C.[Cl-].[Cl-]. The molecule has 2 aromatic rings. The normalized spacial score (nSPS) is 12.3. The summed E-state index contributed by atoms with van der Waals surface area (Å²) in [6.45, 7) is 11.1. The molecular weight excluding hydrogens is 354 g/mol. The molecule has 108 valence electrons. The first-order valence-electron chi connectivity index (χ1n) is 6.51. The van der Waals surface area contributed by atoms with Crippen LogP contribution >= 0.6 is 8.19 Å². The van der Waals surface area contributed by atoms with Crippen LogP contribution in [0.3, 0.4) is 0 Å². The number of allylic oxidation sites excluding steroid dienone is 1. The molecule has 0 N–H and O–H groups in total. The quantitative estimate of drug-likeness (QED) is 0.482. The minimum atomic E-state index is -0.224. The fraction of sp³-hybridized carbons (Fsp3) is 0.176. The third-order valence-corrected chi connectivity index (χ3v) is 8.71. The van der Waals surface area contributed by atoms with E-state index >= 15 is 0 Å². The van der Waals surface area contributed by atoms with Crippen LogP contribution < -0.4 is 38.9 Å². The van der Waals surface area contributed by atoms with Crippen molar-refractivity contribution in [2.75, 3.05) is 0 Å². The van der Waals surface area contributed by atoms with Crippen molar-refractivity contribution >= 4 is 21.7 Å². The Morgan fingerprint density at radius 2 is 1.67 bits per heavy atom. The molecule has 0 nitrogen and oxygen atoms in total. The summed E-state index contributed by atoms with van der Waals surface area (Å²) in [5, 5.41) is 4.37. The first-order chi connectivity index (χ1) is 9.08. The molecule has 3 rings (SSSR count). The minimum absolute atomic E-state index is 0. The summed E-state index contributed by atoms with van der Waals surface area (Å²) in [7, 11) is 0.927. The van der Waals surface area contributed by atoms with E-state index in [1.165, 1.54) is 21.6 Å². The predicted octanol–water partition coefficient (Wildman–Crippen LogP) is -3.48. The van der Waals surface area contributed by atoms with E-state index in [9.17, 15) is 0 Å². The van der Waals surface area contributed by atoms with Crippen molar-refractivity contribution in [2.45, 2.75) is 20.8 Å². The Morgan fingerprint density at radius 3 is 2.29 bits per heavy atom. The summed E-state index contributed by atoms with van der Waals surface area (Å²) in [5.41, 5.74) is 4.33. The van der Waals surface area contributed by atoms with Crippen molar-refractivity contribution in [3.05, 3.63) is 63.3 Å². The third kappa shape index (κ3) is 3.41. The van der Waals surface area contributed by atoms with Crippen LogP contribution in [0, 0.1) is 20.8 Å². The molecule has 0 saturated carbocycles. The topological polar surface area (TPSA) is 0 Å². The fourth-order valence-corrected chi connectivity index (χ4v) is 7.30. The summed E-state index contributed by atoms with van der Waals surface area (Å²) in [5.74, 6) is 0. The van der Waals surface area contributed by atoms with E-state index in [0.29, 0.717) is 0 Å². The molecule has 0 fully saturated rings. The zero-order chi connectivity index (χ0) is 13.6. The molecule has 1 unspecified atom stereocenters. The molecule has 1 aromatic heterocycles. The minimum Gasteiger partial charge on any atom is -1.00 e. The molecule has 0 saturated heterocycles. The van der Waals surface area contributed by atoms with E-state index in [1.54, 1.807) is 18.3 Å². The van der Waals surface area contributed by atoms with Crippen LogP contribution in [-0.2, 0) is 19.2 Å². The van der Waals surface area contributed by atoms with Gasteiger partial charge in [-0.15, -0.1) is 0 Å². The van der Waals surface area contributed by atoms with Crippen LogP contribution in [0.2, 0.25) is 0 Å². The first-order valence-corrected chi connectivity index (χ1v) is 9.07. The Morgan fingerprint density at radius 1 is 1.00 bits per heavy atom. The largest absolute Gasteiger partial charge is 1.00 e. The van der Waals surface area contributed by atoms with Crippen molar-refractivity contribution < 1.29 is 44.0 Å². The van der Waals surface area contributed by atoms with Gasteiger partial charge in [-0.25, -0.2) is 0 Å². The summed E-state index contributed by atoms with van der Waals surface area (Å²) in [6, 6.07) is 8.71. The Bertz CT molecular complexity index is 803. The smallest absolute Gasteiger partial charge is 1.00 e. The van der Waals surface area contributed by atoms with Gasteiger partial charge >= 0.3 is 125 Å². The maximum atomic E-state index is 4.26. The zero-order valence-corrected chi connectivity index (χ0v) is 16.4. The summed E-state index contributed by atoms with van der Waals surface area (Å²) in [4.78, 5) is 0. The summed E-state index contributed by atoms with van der Waals surface area (Å²) < 4.78 is 3.26. The molecule has 0 radical (unpaired) electrons. The van der Waals surface area contributed by atoms with Crippen molar-refractivity contribution in [3.63, 3.8) is 0 Å². The number of rotatable bonds is 2. The van der Waals surface area contributed by atoms with Gasteiger partial charge in [0.15, 0.2) is 0 Å². The van der Waals surface area contributed by atoms with Crippen molar-refractivity contribution in [1.82, 2.24) is 0 Å². The number of aryl methyl sites for hydroxylation is 1. The van der Waals surface area contributed by atoms with Gasteiger partial charge in [0.05, 0.1) is 0 Å². The van der Waals surface area contributed by atoms with Crippen molar-refractivity contribution in [3.8, 4) is 0 Å². The van der Waals surface area contributed by atoms with Crippen molar-refractivity contribution in [2.24, 2.45) is 0 Å². The van der Waals surface area contributed by atoms with Gasteiger partial charge in [0.25, 0.3) is 0 Å². The Hall–Kier alpha value is -0.226. The van der Waals surface area contributed by atoms with Crippen molar-refractivity contribution in [1.29, 1.82) is 0 Å². The summed E-state index contributed by atoms with van der Waals surface area (Å²) >= 11 is -0.224. The van der Waals surface area contributed by atoms with Gasteiger partial charge in [-0.3, -0.25) is 0 Å². The molecular formula is C17H17Cl2PTi. The standard InChI is InChI=1S/C10H7.C7H10P.2ClH.Ti/c1-8-6-9-4-2-3-5-10(9)7-8;1-5-4-8-7(3)6(5)2;;;/h2-6H,1H2;8H,1-3H3;2*1H;/q;;;;+2/p-2. The van der Waals surface area contributed by atoms with E-state index in [0.717, 1.165) is 8.19 Å². The second-order valence-corrected chi connectivity index (χ2v) is 9.36. The molecule has 0 amide bonds. The van der Waals surface area contributed by atoms with Crippen LogP contribution in [0.1, 0.15) is 16.4 Å². The number of fused-ring (bicyclic) bond motifs is 1. The number of halogens is 2. The van der Waals surface area contributed by atoms with Gasteiger partial charge in [0, 0.05) is 0 Å². The van der Waals surface area contributed by atoms with E-state index in [1.807, 2.05) is 0 Å². The first kappa shape index (κ1) is 18.8. The molecule has 1 aliphatic rings. The second kappa shape index (κ2) is 7.36. The van der Waals surface area contributed by atoms with E-state index in [4.69, 9.17) is 0 Å². The van der Waals surface area contributed by atoms with Gasteiger partial charge in [0.1, 0.15) is 0 Å². The Balaban J connectivity index is 0.00000110. The van der Waals surface area contributed by atoms with E-state index in [-0.39, 0.29) is 44.0 Å². The molecule has 1 heterocycles. The summed E-state index contributed by atoms with van der Waals surface area (Å²) in [6.07, 6.45) is 2.25. The zero-order valence-electron chi connectivity index (χ0n) is 12.3. The monoisotopic (exact) mass is 370 g/mol. The van der Waals surface area contributed by atoms with Gasteiger partial charge < -0.3 is 24.8 Å². The van der Waals surface area contributed by atoms with Gasteiger partial charge in [-0.05, 0) is 0 Å². The molecule has 0 aliphatic heterocycles. The number of hydrogen-bond donors (Lipinski definition) is 0. The average molecular weight is 371 g/mol. The molecule has 0 bridgehead atoms. The molecule has 4 heteroatoms. The van der Waals surface area contributed by atoms with Gasteiger partial charge in [0.2, 0.25) is 0 Å². The molecule has 1 aromatic carbocycles. The Labute approximate surface area is 149 Å². The molecule has 1 aliphatic carbocycles. The van der Waals surface area contributed by atoms with Gasteiger partial charge in [-0.2, -0.15) is 0 Å². The van der Waals surface area contributed by atoms with E-state index in [2.05, 4.69) is 57.7 Å².